The van der Waals surface area contributed by atoms with Crippen molar-refractivity contribution in [2.45, 2.75) is 12.1 Å². The van der Waals surface area contributed by atoms with Gasteiger partial charge < -0.3 is 29.5 Å². The third-order valence-electron chi connectivity index (χ3n) is 3.34. The van der Waals surface area contributed by atoms with Crippen LogP contribution in [0.3, 0.4) is 0 Å². The molecule has 1 rings (SSSR count). The second kappa shape index (κ2) is 7.41. The van der Waals surface area contributed by atoms with Gasteiger partial charge in [0.25, 0.3) is 0 Å². The molecule has 8 nitrogen and oxygen atoms in total. The van der Waals surface area contributed by atoms with Gasteiger partial charge in [0, 0.05) is 21.2 Å². The summed E-state index contributed by atoms with van der Waals surface area (Å²) < 4.78 is 9.93. The molecule has 3 atom stereocenters. The second-order valence-electron chi connectivity index (χ2n) is 4.93. The van der Waals surface area contributed by atoms with E-state index in [2.05, 4.69) is 0 Å². The Bertz CT molecular complexity index is 351. The molecule has 1 heterocycles. The zero-order valence-corrected chi connectivity index (χ0v) is 12.0. The number of carbonyl (C=O) groups excluding carboxylic acids is 1. The van der Waals surface area contributed by atoms with Gasteiger partial charge in [-0.15, -0.1) is 0 Å². The Balaban J connectivity index is 2.59. The molecule has 0 aliphatic carbocycles. The van der Waals surface area contributed by atoms with Gasteiger partial charge in [0.2, 0.25) is 0 Å². The van der Waals surface area contributed by atoms with E-state index < -0.39 is 24.0 Å². The topological polar surface area (TPSA) is 99.5 Å². The van der Waals surface area contributed by atoms with Crippen LogP contribution in [0.1, 0.15) is 0 Å². The van der Waals surface area contributed by atoms with Gasteiger partial charge in [0.15, 0.2) is 0 Å². The lowest BCUT2D eigenvalue weighted by molar-refractivity contribution is -0.142. The molecule has 0 aromatic heterocycles. The summed E-state index contributed by atoms with van der Waals surface area (Å²) in [4.78, 5) is 26.0. The van der Waals surface area contributed by atoms with Gasteiger partial charge in [-0.25, -0.2) is 4.79 Å². The van der Waals surface area contributed by atoms with Crippen LogP contribution in [0.25, 0.3) is 0 Å². The molecule has 0 aromatic carbocycles. The summed E-state index contributed by atoms with van der Waals surface area (Å²) in [5, 5.41) is 18.7. The highest BCUT2D eigenvalue weighted by Gasteiger charge is 2.39. The van der Waals surface area contributed by atoms with Crippen LogP contribution in [0.2, 0.25) is 0 Å². The van der Waals surface area contributed by atoms with E-state index in [1.54, 1.807) is 7.05 Å². The Kier molecular flexibility index (Phi) is 6.18. The van der Waals surface area contributed by atoms with Crippen molar-refractivity contribution in [3.63, 3.8) is 0 Å². The summed E-state index contributed by atoms with van der Waals surface area (Å²) in [5.74, 6) is -1.70. The number of aliphatic hydroxyl groups is 1. The highest BCUT2D eigenvalue weighted by molar-refractivity contribution is 5.77. The van der Waals surface area contributed by atoms with E-state index in [1.807, 2.05) is 0 Å². The zero-order chi connectivity index (χ0) is 15.3. The first kappa shape index (κ1) is 16.7. The Morgan fingerprint density at radius 1 is 1.40 bits per heavy atom. The largest absolute Gasteiger partial charge is 0.481 e. The number of nitrogens with zero attached hydrogens (tertiary/aromatic N) is 2. The van der Waals surface area contributed by atoms with Gasteiger partial charge in [-0.1, -0.05) is 0 Å². The van der Waals surface area contributed by atoms with Crippen molar-refractivity contribution in [1.29, 1.82) is 0 Å². The van der Waals surface area contributed by atoms with E-state index in [0.29, 0.717) is 0 Å². The van der Waals surface area contributed by atoms with Gasteiger partial charge >= 0.3 is 12.0 Å². The highest BCUT2D eigenvalue weighted by Crippen LogP contribution is 2.19. The number of rotatable bonds is 6. The molecule has 0 bridgehead atoms. The first-order chi connectivity index (χ1) is 9.38. The van der Waals surface area contributed by atoms with Gasteiger partial charge in [-0.05, 0) is 0 Å². The first-order valence-corrected chi connectivity index (χ1v) is 6.34. The van der Waals surface area contributed by atoms with E-state index in [-0.39, 0.29) is 32.4 Å². The van der Waals surface area contributed by atoms with Crippen molar-refractivity contribution in [1.82, 2.24) is 9.80 Å². The fourth-order valence-electron chi connectivity index (χ4n) is 2.21. The summed E-state index contributed by atoms with van der Waals surface area (Å²) in [7, 11) is 4.55. The molecular weight excluding hydrogens is 268 g/mol. The van der Waals surface area contributed by atoms with E-state index in [1.165, 1.54) is 24.0 Å². The molecule has 0 aromatic rings. The van der Waals surface area contributed by atoms with E-state index in [9.17, 15) is 14.7 Å². The molecule has 2 amide bonds. The number of methoxy groups -OCH3 is 1. The van der Waals surface area contributed by atoms with Crippen LogP contribution in [0, 0.1) is 5.92 Å². The van der Waals surface area contributed by atoms with Crippen molar-refractivity contribution in [2.75, 3.05) is 47.6 Å². The molecule has 8 heteroatoms. The van der Waals surface area contributed by atoms with Crippen LogP contribution in [-0.2, 0) is 14.3 Å². The predicted molar refractivity (Wildman–Crippen MR) is 69.4 cm³/mol. The van der Waals surface area contributed by atoms with Gasteiger partial charge in [0.05, 0.1) is 38.5 Å². The van der Waals surface area contributed by atoms with Crippen molar-refractivity contribution in [3.05, 3.63) is 0 Å². The average Bonchev–Trinajstić information content (AvgIpc) is 2.86. The molecule has 1 saturated heterocycles. The number of hydrogen-bond donors (Lipinski definition) is 2. The number of carbonyl (C=O) groups is 2. The number of carboxylic acids is 1. The molecule has 1 aliphatic rings. The van der Waals surface area contributed by atoms with Crippen molar-refractivity contribution in [3.8, 4) is 0 Å². The van der Waals surface area contributed by atoms with Crippen molar-refractivity contribution >= 4 is 12.0 Å². The van der Waals surface area contributed by atoms with Crippen molar-refractivity contribution in [2.24, 2.45) is 5.92 Å². The predicted octanol–water partition coefficient (Wildman–Crippen LogP) is -0.923. The molecule has 0 spiro atoms. The number of carboxylic acid groups (broad SMARTS) is 1. The standard InChI is InChI=1S/C12H22N2O6/c1-13(4-8(15)5-19-3)12(18)14(2)10-7-20-6-9(10)11(16)17/h8-10,15H,4-7H2,1-3H3,(H,16,17). The lowest BCUT2D eigenvalue weighted by atomic mass is 10.0. The molecule has 1 fully saturated rings. The molecule has 116 valence electrons. The fraction of sp³-hybridized carbons (Fsp3) is 0.833. The van der Waals surface area contributed by atoms with Gasteiger partial charge in [-0.3, -0.25) is 4.79 Å². The monoisotopic (exact) mass is 290 g/mol. The SMILES string of the molecule is COCC(O)CN(C)C(=O)N(C)C1COCC1C(=O)O. The third kappa shape index (κ3) is 4.06. The lowest BCUT2D eigenvalue weighted by Crippen LogP contribution is -2.50. The summed E-state index contributed by atoms with van der Waals surface area (Å²) in [5.41, 5.74) is 0. The Hall–Kier alpha value is -1.38. The van der Waals surface area contributed by atoms with Crippen LogP contribution in [0.4, 0.5) is 4.79 Å². The van der Waals surface area contributed by atoms with Crippen molar-refractivity contribution < 1.29 is 29.3 Å². The Morgan fingerprint density at radius 2 is 2.05 bits per heavy atom. The molecule has 0 radical (unpaired) electrons. The number of urea groups is 1. The molecule has 0 saturated carbocycles. The number of aliphatic hydroxyl groups excluding tert-OH is 1. The molecular formula is C12H22N2O6. The third-order valence-corrected chi connectivity index (χ3v) is 3.34. The maximum absolute atomic E-state index is 12.2. The maximum Gasteiger partial charge on any atom is 0.319 e. The Morgan fingerprint density at radius 3 is 2.60 bits per heavy atom. The summed E-state index contributed by atoms with van der Waals surface area (Å²) in [6.07, 6.45) is -0.780. The highest BCUT2D eigenvalue weighted by atomic mass is 16.5. The second-order valence-corrected chi connectivity index (χ2v) is 4.93. The smallest absolute Gasteiger partial charge is 0.319 e. The summed E-state index contributed by atoms with van der Waals surface area (Å²) >= 11 is 0. The van der Waals surface area contributed by atoms with E-state index >= 15 is 0 Å². The molecule has 3 unspecified atom stereocenters. The van der Waals surface area contributed by atoms with Crippen LogP contribution in [0.15, 0.2) is 0 Å². The van der Waals surface area contributed by atoms with Gasteiger partial charge in [0.1, 0.15) is 5.92 Å². The number of aliphatic carboxylic acids is 1. The molecule has 2 N–H and O–H groups in total. The maximum atomic E-state index is 12.2. The van der Waals surface area contributed by atoms with Crippen LogP contribution >= 0.6 is 0 Å². The quantitative estimate of drug-likeness (QED) is 0.656. The average molecular weight is 290 g/mol. The number of ether oxygens (including phenoxy) is 2. The van der Waals surface area contributed by atoms with Crippen LogP contribution in [0.5, 0.6) is 0 Å². The summed E-state index contributed by atoms with van der Waals surface area (Å²) in [6.45, 7) is 0.551. The van der Waals surface area contributed by atoms with Crippen LogP contribution in [-0.4, -0.2) is 91.7 Å². The van der Waals surface area contributed by atoms with Gasteiger partial charge in [-0.2, -0.15) is 0 Å². The number of amides is 2. The van der Waals surface area contributed by atoms with E-state index in [0.717, 1.165) is 0 Å². The Labute approximate surface area is 117 Å². The number of likely N-dealkylation sites (N-methyl/N-ethyl adjacent to an activating group) is 2. The minimum atomic E-state index is -0.978. The molecule has 1 aliphatic heterocycles. The van der Waals surface area contributed by atoms with Crippen LogP contribution < -0.4 is 0 Å². The first-order valence-electron chi connectivity index (χ1n) is 6.34. The zero-order valence-electron chi connectivity index (χ0n) is 12.0. The minimum Gasteiger partial charge on any atom is -0.481 e. The lowest BCUT2D eigenvalue weighted by Gasteiger charge is -2.31. The fourth-order valence-corrected chi connectivity index (χ4v) is 2.21. The molecule has 20 heavy (non-hydrogen) atoms. The normalized spacial score (nSPS) is 23.4. The summed E-state index contributed by atoms with van der Waals surface area (Å²) in [6, 6.07) is -0.857. The van der Waals surface area contributed by atoms with E-state index in [4.69, 9.17) is 14.6 Å². The minimum absolute atomic E-state index is 0.105. The number of hydrogen-bond acceptors (Lipinski definition) is 5.